The summed E-state index contributed by atoms with van der Waals surface area (Å²) in [5, 5.41) is 18.2. The van der Waals surface area contributed by atoms with Gasteiger partial charge in [0.05, 0.1) is 13.2 Å². The van der Waals surface area contributed by atoms with Crippen LogP contribution in [0.3, 0.4) is 0 Å². The van der Waals surface area contributed by atoms with Gasteiger partial charge in [-0.3, -0.25) is 14.4 Å². The topological polar surface area (TPSA) is 110 Å². The van der Waals surface area contributed by atoms with E-state index in [1.54, 1.807) is 0 Å². The number of carboxylic acids is 2. The van der Waals surface area contributed by atoms with E-state index in [4.69, 9.17) is 14.6 Å². The van der Waals surface area contributed by atoms with E-state index in [0.29, 0.717) is 31.6 Å². The second-order valence-electron chi connectivity index (χ2n) is 12.3. The highest BCUT2D eigenvalue weighted by Crippen LogP contribution is 2.47. The number of carboxylic acid groups (broad SMARTS) is 2. The summed E-state index contributed by atoms with van der Waals surface area (Å²) >= 11 is 0. The molecule has 1 unspecified atom stereocenters. The summed E-state index contributed by atoms with van der Waals surface area (Å²) in [4.78, 5) is 34.8. The molecule has 0 amide bonds. The molecule has 3 aromatic rings. The van der Waals surface area contributed by atoms with Crippen molar-refractivity contribution in [3.8, 4) is 11.5 Å². The van der Waals surface area contributed by atoms with Crippen molar-refractivity contribution in [2.75, 3.05) is 13.2 Å². The number of aliphatic carboxylic acids is 2. The SMILES string of the molecule is O=C(O)CCCOc1cccc(CCCCCCOc2ccc3c(c2C2C=C(c4ccccc4)C2)CCCC3=O)c1CCC(=O)O. The van der Waals surface area contributed by atoms with Gasteiger partial charge in [0.25, 0.3) is 0 Å². The van der Waals surface area contributed by atoms with Crippen molar-refractivity contribution in [2.45, 2.75) is 89.4 Å². The van der Waals surface area contributed by atoms with Crippen molar-refractivity contribution >= 4 is 23.3 Å². The van der Waals surface area contributed by atoms with Gasteiger partial charge in [-0.2, -0.15) is 0 Å². The van der Waals surface area contributed by atoms with Crippen molar-refractivity contribution in [3.05, 3.63) is 100 Å². The van der Waals surface area contributed by atoms with Gasteiger partial charge in [-0.15, -0.1) is 0 Å². The van der Waals surface area contributed by atoms with Crippen LogP contribution in [0, 0.1) is 0 Å². The predicted molar refractivity (Wildman–Crippen MR) is 178 cm³/mol. The lowest BCUT2D eigenvalue weighted by Gasteiger charge is -2.31. The molecule has 2 aliphatic rings. The zero-order valence-electron chi connectivity index (χ0n) is 26.5. The summed E-state index contributed by atoms with van der Waals surface area (Å²) in [5.41, 5.74) is 7.84. The molecule has 0 saturated heterocycles. The number of Topliss-reactive ketones (excluding diaryl/α,β-unsaturated/α-hetero) is 1. The molecule has 7 nitrogen and oxygen atoms in total. The Morgan fingerprint density at radius 1 is 0.739 bits per heavy atom. The van der Waals surface area contributed by atoms with E-state index in [2.05, 4.69) is 30.3 Å². The molecule has 0 saturated carbocycles. The Labute approximate surface area is 271 Å². The Morgan fingerprint density at radius 2 is 1.48 bits per heavy atom. The van der Waals surface area contributed by atoms with E-state index in [9.17, 15) is 19.5 Å². The average Bonchev–Trinajstić information content (AvgIpc) is 3.02. The van der Waals surface area contributed by atoms with Crippen LogP contribution in [0.2, 0.25) is 0 Å². The number of fused-ring (bicyclic) bond motifs is 1. The fourth-order valence-electron chi connectivity index (χ4n) is 6.62. The first-order valence-corrected chi connectivity index (χ1v) is 16.7. The number of ketones is 1. The maximum absolute atomic E-state index is 12.7. The number of rotatable bonds is 18. The molecule has 0 heterocycles. The Kier molecular flexibility index (Phi) is 11.7. The fraction of sp³-hybridized carbons (Fsp3) is 0.410. The number of carbonyl (C=O) groups is 3. The summed E-state index contributed by atoms with van der Waals surface area (Å²) in [5.74, 6) is 0.342. The molecule has 0 spiro atoms. The van der Waals surface area contributed by atoms with Gasteiger partial charge in [0, 0.05) is 36.3 Å². The van der Waals surface area contributed by atoms with E-state index in [0.717, 1.165) is 73.8 Å². The Morgan fingerprint density at radius 3 is 2.26 bits per heavy atom. The van der Waals surface area contributed by atoms with Crippen molar-refractivity contribution in [1.29, 1.82) is 0 Å². The number of hydrogen-bond acceptors (Lipinski definition) is 5. The number of allylic oxidation sites excluding steroid dienone is 2. The smallest absolute Gasteiger partial charge is 0.303 e. The first-order valence-electron chi connectivity index (χ1n) is 16.7. The van der Waals surface area contributed by atoms with Crippen LogP contribution in [0.15, 0.2) is 66.7 Å². The van der Waals surface area contributed by atoms with E-state index in [-0.39, 0.29) is 31.1 Å². The molecule has 1 atom stereocenters. The molecule has 0 aromatic heterocycles. The van der Waals surface area contributed by atoms with Crippen molar-refractivity contribution in [2.24, 2.45) is 0 Å². The third-order valence-corrected chi connectivity index (χ3v) is 9.02. The largest absolute Gasteiger partial charge is 0.493 e. The first kappa shape index (κ1) is 33.0. The van der Waals surface area contributed by atoms with Gasteiger partial charge in [0.1, 0.15) is 11.5 Å². The fourth-order valence-corrected chi connectivity index (χ4v) is 6.62. The quantitative estimate of drug-likeness (QED) is 0.137. The van der Waals surface area contributed by atoms with Crippen LogP contribution in [0.1, 0.15) is 108 Å². The molecular weight excluding hydrogens is 580 g/mol. The molecule has 0 bridgehead atoms. The molecule has 7 heteroatoms. The van der Waals surface area contributed by atoms with E-state index < -0.39 is 11.9 Å². The summed E-state index contributed by atoms with van der Waals surface area (Å²) in [6.45, 7) is 0.897. The van der Waals surface area contributed by atoms with Crippen LogP contribution in [0.5, 0.6) is 11.5 Å². The standard InChI is InChI=1S/C39H44O7/c40-34-16-9-15-33-32(34)19-21-36(39(33)30-25-29(26-30)27-11-5-3-6-12-27)46-23-7-2-1-4-13-28-14-8-17-35(31(28)20-22-38(43)44)45-24-10-18-37(41)42/h3,5-6,8,11-12,14,17,19,21,25,30H,1-2,4,7,9-10,13,15-16,18,20,22-24,26H2,(H,41,42)(H,43,44). The molecule has 0 radical (unpaired) electrons. The third-order valence-electron chi connectivity index (χ3n) is 9.02. The first-order chi connectivity index (χ1) is 22.4. The van der Waals surface area contributed by atoms with Crippen LogP contribution < -0.4 is 9.47 Å². The normalized spacial score (nSPS) is 15.4. The lowest BCUT2D eigenvalue weighted by molar-refractivity contribution is -0.138. The molecule has 46 heavy (non-hydrogen) atoms. The Bertz CT molecular complexity index is 1560. The maximum atomic E-state index is 12.7. The molecule has 3 aromatic carbocycles. The summed E-state index contributed by atoms with van der Waals surface area (Å²) < 4.78 is 12.3. The minimum Gasteiger partial charge on any atom is -0.493 e. The number of benzene rings is 3. The third kappa shape index (κ3) is 8.65. The van der Waals surface area contributed by atoms with Gasteiger partial charge >= 0.3 is 11.9 Å². The number of unbranched alkanes of at least 4 members (excludes halogenated alkanes) is 3. The lowest BCUT2D eigenvalue weighted by atomic mass is 9.74. The van der Waals surface area contributed by atoms with Gasteiger partial charge in [0.15, 0.2) is 5.78 Å². The molecule has 5 rings (SSSR count). The molecule has 242 valence electrons. The number of ether oxygens (including phenoxy) is 2. The van der Waals surface area contributed by atoms with Gasteiger partial charge in [-0.05, 0) is 97.4 Å². The maximum Gasteiger partial charge on any atom is 0.303 e. The van der Waals surface area contributed by atoms with Crippen LogP contribution in [-0.4, -0.2) is 41.1 Å². The molecule has 0 aliphatic heterocycles. The average molecular weight is 625 g/mol. The highest BCUT2D eigenvalue weighted by Gasteiger charge is 2.31. The summed E-state index contributed by atoms with van der Waals surface area (Å²) in [6.07, 6.45) is 11.3. The summed E-state index contributed by atoms with van der Waals surface area (Å²) in [7, 11) is 0. The molecular formula is C39H44O7. The van der Waals surface area contributed by atoms with Gasteiger partial charge < -0.3 is 19.7 Å². The Hall–Kier alpha value is -4.39. The van der Waals surface area contributed by atoms with Crippen LogP contribution in [0.25, 0.3) is 5.57 Å². The molecule has 0 fully saturated rings. The monoisotopic (exact) mass is 624 g/mol. The second kappa shape index (κ2) is 16.3. The van der Waals surface area contributed by atoms with Gasteiger partial charge in [0.2, 0.25) is 0 Å². The Balaban J connectivity index is 1.15. The number of aryl methyl sites for hydroxylation is 1. The van der Waals surface area contributed by atoms with Crippen molar-refractivity contribution < 1.29 is 34.1 Å². The molecule has 2 aliphatic carbocycles. The number of carbonyl (C=O) groups excluding carboxylic acids is 1. The second-order valence-corrected chi connectivity index (χ2v) is 12.3. The number of hydrogen-bond donors (Lipinski definition) is 2. The van der Waals surface area contributed by atoms with Crippen molar-refractivity contribution in [1.82, 2.24) is 0 Å². The zero-order valence-corrected chi connectivity index (χ0v) is 26.5. The minimum atomic E-state index is -0.860. The minimum absolute atomic E-state index is 0.0168. The zero-order chi connectivity index (χ0) is 32.3. The van der Waals surface area contributed by atoms with Gasteiger partial charge in [-0.1, -0.05) is 61.4 Å². The summed E-state index contributed by atoms with van der Waals surface area (Å²) in [6, 6.07) is 20.2. The van der Waals surface area contributed by atoms with Crippen LogP contribution in [0.4, 0.5) is 0 Å². The van der Waals surface area contributed by atoms with Crippen LogP contribution in [-0.2, 0) is 28.9 Å². The van der Waals surface area contributed by atoms with E-state index >= 15 is 0 Å². The lowest BCUT2D eigenvalue weighted by Crippen LogP contribution is -2.18. The predicted octanol–water partition coefficient (Wildman–Crippen LogP) is 8.22. The van der Waals surface area contributed by atoms with Crippen LogP contribution >= 0.6 is 0 Å². The molecule has 2 N–H and O–H groups in total. The van der Waals surface area contributed by atoms with Crippen molar-refractivity contribution in [3.63, 3.8) is 0 Å². The highest BCUT2D eigenvalue weighted by molar-refractivity contribution is 5.99. The highest BCUT2D eigenvalue weighted by atomic mass is 16.5. The van der Waals surface area contributed by atoms with E-state index in [1.165, 1.54) is 22.3 Å². The van der Waals surface area contributed by atoms with E-state index in [1.807, 2.05) is 36.4 Å². The van der Waals surface area contributed by atoms with Gasteiger partial charge in [-0.25, -0.2) is 0 Å².